The normalized spacial score (nSPS) is 13.1. The molecular weight excluding hydrogens is 570 g/mol. The van der Waals surface area contributed by atoms with Crippen LogP contribution in [0.2, 0.25) is 0 Å². The SMILES string of the molecule is CC(C)(C)O.CNC.Cc1ccc(-c2c(CC(=O)O)c(C)cc3nc(-c4ccc5c(c4)c(N4CCCC4)nn5C)sc23)cc1. The van der Waals surface area contributed by atoms with Gasteiger partial charge in [-0.15, -0.1) is 11.3 Å². The molecule has 0 atom stereocenters. The summed E-state index contributed by atoms with van der Waals surface area (Å²) in [4.78, 5) is 19.2. The van der Waals surface area contributed by atoms with Crippen LogP contribution in [-0.4, -0.2) is 63.7 Å². The molecule has 0 aliphatic carbocycles. The van der Waals surface area contributed by atoms with Gasteiger partial charge in [-0.1, -0.05) is 29.8 Å². The fourth-order valence-electron chi connectivity index (χ4n) is 5.31. The number of carbonyl (C=O) groups is 1. The summed E-state index contributed by atoms with van der Waals surface area (Å²) >= 11 is 1.63. The minimum Gasteiger partial charge on any atom is -0.481 e. The Morgan fingerprint density at radius 1 is 1.00 bits per heavy atom. The summed E-state index contributed by atoms with van der Waals surface area (Å²) in [5.41, 5.74) is 7.57. The van der Waals surface area contributed by atoms with Crippen molar-refractivity contribution in [2.45, 2.75) is 59.5 Å². The first kappa shape index (κ1) is 33.1. The first-order valence-corrected chi connectivity index (χ1v) is 15.9. The van der Waals surface area contributed by atoms with Gasteiger partial charge in [-0.2, -0.15) is 5.10 Å². The molecule has 0 unspecified atom stereocenters. The van der Waals surface area contributed by atoms with E-state index in [0.29, 0.717) is 0 Å². The van der Waals surface area contributed by atoms with E-state index in [2.05, 4.69) is 59.6 Å². The fraction of sp³-hybridized carbons (Fsp3) is 0.400. The van der Waals surface area contributed by atoms with Gasteiger partial charge >= 0.3 is 5.97 Å². The smallest absolute Gasteiger partial charge is 0.307 e. The van der Waals surface area contributed by atoms with Gasteiger partial charge in [-0.3, -0.25) is 9.48 Å². The van der Waals surface area contributed by atoms with Crippen molar-refractivity contribution in [3.63, 3.8) is 0 Å². The van der Waals surface area contributed by atoms with Gasteiger partial charge in [0.25, 0.3) is 0 Å². The van der Waals surface area contributed by atoms with Crippen molar-refractivity contribution < 1.29 is 15.0 Å². The van der Waals surface area contributed by atoms with Crippen molar-refractivity contribution in [3.8, 4) is 21.7 Å². The van der Waals surface area contributed by atoms with Gasteiger partial charge in [0.05, 0.1) is 27.8 Å². The van der Waals surface area contributed by atoms with Crippen LogP contribution in [0.5, 0.6) is 0 Å². The predicted molar refractivity (Wildman–Crippen MR) is 184 cm³/mol. The molecule has 1 aliphatic heterocycles. The Hall–Kier alpha value is -3.79. The molecule has 0 saturated carbocycles. The first-order chi connectivity index (χ1) is 20.8. The van der Waals surface area contributed by atoms with Gasteiger partial charge in [0.15, 0.2) is 5.82 Å². The number of aromatic nitrogens is 3. The molecule has 2 aromatic heterocycles. The van der Waals surface area contributed by atoms with Crippen molar-refractivity contribution in [2.24, 2.45) is 7.05 Å². The van der Waals surface area contributed by atoms with Gasteiger partial charge < -0.3 is 20.4 Å². The summed E-state index contributed by atoms with van der Waals surface area (Å²) in [5, 5.41) is 27.8. The molecule has 5 aromatic rings. The number of aryl methyl sites for hydroxylation is 3. The van der Waals surface area contributed by atoms with Crippen LogP contribution in [0.15, 0.2) is 48.5 Å². The fourth-order valence-corrected chi connectivity index (χ4v) is 6.44. The zero-order valence-electron chi connectivity index (χ0n) is 27.2. The largest absolute Gasteiger partial charge is 0.481 e. The number of nitrogens with one attached hydrogen (secondary N) is 1. The first-order valence-electron chi connectivity index (χ1n) is 15.1. The predicted octanol–water partition coefficient (Wildman–Crippen LogP) is 6.97. The molecule has 234 valence electrons. The van der Waals surface area contributed by atoms with Gasteiger partial charge in [0.1, 0.15) is 5.01 Å². The number of anilines is 1. The minimum absolute atomic E-state index is 0.0148. The van der Waals surface area contributed by atoms with Crippen LogP contribution < -0.4 is 10.2 Å². The van der Waals surface area contributed by atoms with Crippen molar-refractivity contribution >= 4 is 44.2 Å². The highest BCUT2D eigenvalue weighted by Gasteiger charge is 2.22. The highest BCUT2D eigenvalue weighted by molar-refractivity contribution is 7.22. The number of hydrogen-bond acceptors (Lipinski definition) is 7. The monoisotopic (exact) mass is 615 g/mol. The molecule has 8 nitrogen and oxygen atoms in total. The lowest BCUT2D eigenvalue weighted by Crippen LogP contribution is -2.18. The van der Waals surface area contributed by atoms with Crippen LogP contribution in [0.3, 0.4) is 0 Å². The Labute approximate surface area is 264 Å². The molecule has 3 heterocycles. The summed E-state index contributed by atoms with van der Waals surface area (Å²) in [5.74, 6) is 0.222. The van der Waals surface area contributed by atoms with E-state index in [1.54, 1.807) is 32.1 Å². The quantitative estimate of drug-likeness (QED) is 0.196. The average Bonchev–Trinajstić information content (AvgIpc) is 3.68. The van der Waals surface area contributed by atoms with E-state index in [1.807, 2.05) is 38.8 Å². The van der Waals surface area contributed by atoms with Crippen molar-refractivity contribution in [1.29, 1.82) is 0 Å². The number of carboxylic acids is 1. The van der Waals surface area contributed by atoms with E-state index in [0.717, 1.165) is 72.9 Å². The van der Waals surface area contributed by atoms with Crippen LogP contribution in [0, 0.1) is 13.8 Å². The van der Waals surface area contributed by atoms with E-state index < -0.39 is 11.6 Å². The topological polar surface area (TPSA) is 104 Å². The second-order valence-corrected chi connectivity index (χ2v) is 13.4. The zero-order chi connectivity index (χ0) is 32.2. The Morgan fingerprint density at radius 2 is 1.59 bits per heavy atom. The summed E-state index contributed by atoms with van der Waals surface area (Å²) in [6.07, 6.45) is 2.39. The molecule has 0 spiro atoms. The number of rotatable bonds is 5. The number of nitrogens with zero attached hydrogens (tertiary/aromatic N) is 4. The van der Waals surface area contributed by atoms with E-state index in [9.17, 15) is 9.90 Å². The second-order valence-electron chi connectivity index (χ2n) is 12.4. The highest BCUT2D eigenvalue weighted by atomic mass is 32.1. The van der Waals surface area contributed by atoms with E-state index in [1.165, 1.54) is 18.4 Å². The molecule has 0 radical (unpaired) electrons. The third kappa shape index (κ3) is 7.83. The maximum atomic E-state index is 11.8. The third-order valence-corrected chi connectivity index (χ3v) is 8.30. The molecule has 1 aliphatic rings. The number of thiazole rings is 1. The Morgan fingerprint density at radius 3 is 2.18 bits per heavy atom. The number of carboxylic acid groups (broad SMARTS) is 1. The van der Waals surface area contributed by atoms with Crippen LogP contribution in [-0.2, 0) is 18.3 Å². The van der Waals surface area contributed by atoms with Crippen LogP contribution in [0.25, 0.3) is 42.8 Å². The summed E-state index contributed by atoms with van der Waals surface area (Å²) in [7, 11) is 5.75. The highest BCUT2D eigenvalue weighted by Crippen LogP contribution is 2.42. The lowest BCUT2D eigenvalue weighted by Gasteiger charge is -2.14. The summed E-state index contributed by atoms with van der Waals surface area (Å²) < 4.78 is 2.99. The Balaban J connectivity index is 0.000000496. The molecule has 3 aromatic carbocycles. The van der Waals surface area contributed by atoms with Gasteiger partial charge in [0.2, 0.25) is 0 Å². The number of aliphatic hydroxyl groups is 1. The number of fused-ring (bicyclic) bond motifs is 2. The van der Waals surface area contributed by atoms with Crippen LogP contribution in [0.1, 0.15) is 50.3 Å². The summed E-state index contributed by atoms with van der Waals surface area (Å²) in [6, 6.07) is 16.8. The molecule has 1 fully saturated rings. The second kappa shape index (κ2) is 13.9. The number of benzene rings is 3. The maximum Gasteiger partial charge on any atom is 0.307 e. The minimum atomic E-state index is -0.827. The third-order valence-electron chi connectivity index (χ3n) is 7.16. The number of aliphatic carboxylic acids is 1. The Bertz CT molecular complexity index is 1740. The molecule has 9 heteroatoms. The average molecular weight is 616 g/mol. The van der Waals surface area contributed by atoms with Gasteiger partial charge in [-0.05, 0) is 103 Å². The van der Waals surface area contributed by atoms with Gasteiger partial charge in [0, 0.05) is 36.7 Å². The standard InChI is InChI=1S/C29H28N4O2S.C4H10O.C2H7N/c1-17-6-8-19(9-7-17)26-21(16-25(34)35)18(2)14-23-27(26)36-29(30-23)20-10-11-24-22(15-20)28(31-32(24)3)33-12-4-5-13-33;1-4(2,3)5;1-3-2/h6-11,14-15H,4-5,12-13,16H2,1-3H3,(H,34,35);5H,1-3H3;3H,1-2H3. The van der Waals surface area contributed by atoms with E-state index in [4.69, 9.17) is 15.2 Å². The zero-order valence-corrected chi connectivity index (χ0v) is 28.0. The molecule has 0 bridgehead atoms. The molecule has 3 N–H and O–H groups in total. The van der Waals surface area contributed by atoms with Crippen LogP contribution in [0.4, 0.5) is 5.82 Å². The molecule has 44 heavy (non-hydrogen) atoms. The Kier molecular flexibility index (Phi) is 10.4. The van der Waals surface area contributed by atoms with Crippen molar-refractivity contribution in [1.82, 2.24) is 20.1 Å². The molecule has 0 amide bonds. The lowest BCUT2D eigenvalue weighted by atomic mass is 9.93. The lowest BCUT2D eigenvalue weighted by molar-refractivity contribution is -0.136. The molecule has 1 saturated heterocycles. The summed E-state index contributed by atoms with van der Waals surface area (Å²) in [6.45, 7) is 11.4. The van der Waals surface area contributed by atoms with E-state index in [-0.39, 0.29) is 6.42 Å². The van der Waals surface area contributed by atoms with Gasteiger partial charge in [-0.25, -0.2) is 4.98 Å². The van der Waals surface area contributed by atoms with Crippen molar-refractivity contribution in [2.75, 3.05) is 32.1 Å². The van der Waals surface area contributed by atoms with Crippen molar-refractivity contribution in [3.05, 3.63) is 65.2 Å². The van der Waals surface area contributed by atoms with Crippen LogP contribution >= 0.6 is 11.3 Å². The molecular formula is C35H45N5O3S. The number of hydrogen-bond donors (Lipinski definition) is 3. The molecule has 6 rings (SSSR count). The maximum absolute atomic E-state index is 11.8. The van der Waals surface area contributed by atoms with E-state index >= 15 is 0 Å².